The second-order valence-electron chi connectivity index (χ2n) is 14.7. The van der Waals surface area contributed by atoms with E-state index in [4.69, 9.17) is 4.74 Å². The fraction of sp³-hybridized carbons (Fsp3) is 0.906. The number of ether oxygens (including phenoxy) is 1. The number of fused-ring (bicyclic) bond motifs is 5. The van der Waals surface area contributed by atoms with Crippen molar-refractivity contribution in [1.29, 1.82) is 0 Å². The highest BCUT2D eigenvalue weighted by Crippen LogP contribution is 2.75. The molecular formula is C32H54O2. The molecule has 9 atom stereocenters. The first-order valence-electron chi connectivity index (χ1n) is 14.6. The Hall–Kier alpha value is -0.790. The van der Waals surface area contributed by atoms with Gasteiger partial charge in [-0.05, 0) is 124 Å². The van der Waals surface area contributed by atoms with E-state index in [-0.39, 0.29) is 17.5 Å². The van der Waals surface area contributed by atoms with E-state index in [1.54, 1.807) is 6.92 Å². The molecule has 2 heteroatoms. The summed E-state index contributed by atoms with van der Waals surface area (Å²) in [6, 6.07) is 0. The predicted molar refractivity (Wildman–Crippen MR) is 142 cm³/mol. The number of carbonyl (C=O) groups excluding carboxylic acids is 1. The van der Waals surface area contributed by atoms with Crippen molar-refractivity contribution in [1.82, 2.24) is 0 Å². The minimum atomic E-state index is -0.106. The van der Waals surface area contributed by atoms with E-state index < -0.39 is 0 Å². The fourth-order valence-electron chi connectivity index (χ4n) is 10.7. The molecule has 4 aliphatic carbocycles. The van der Waals surface area contributed by atoms with Gasteiger partial charge < -0.3 is 4.74 Å². The summed E-state index contributed by atoms with van der Waals surface area (Å²) in [6.07, 6.45) is 15.8. The molecule has 4 fully saturated rings. The summed E-state index contributed by atoms with van der Waals surface area (Å²) in [6.45, 7) is 21.5. The largest absolute Gasteiger partial charge is 0.462 e. The molecule has 0 N–H and O–H groups in total. The van der Waals surface area contributed by atoms with Crippen LogP contribution in [0.1, 0.15) is 127 Å². The van der Waals surface area contributed by atoms with Gasteiger partial charge in [0.2, 0.25) is 0 Å². The number of carbonyl (C=O) groups is 1. The lowest BCUT2D eigenvalue weighted by atomic mass is 9.35. The number of hydrogen-bond acceptors (Lipinski definition) is 2. The molecule has 0 amide bonds. The molecule has 0 aromatic heterocycles. The molecule has 4 rings (SSSR count). The molecule has 34 heavy (non-hydrogen) atoms. The van der Waals surface area contributed by atoms with Crippen LogP contribution in [0.15, 0.2) is 11.6 Å². The minimum absolute atomic E-state index is 0.0649. The van der Waals surface area contributed by atoms with Gasteiger partial charge in [0, 0.05) is 12.3 Å². The normalized spacial score (nSPS) is 46.0. The van der Waals surface area contributed by atoms with E-state index in [2.05, 4.69) is 61.5 Å². The zero-order valence-corrected chi connectivity index (χ0v) is 23.9. The highest BCUT2D eigenvalue weighted by molar-refractivity contribution is 5.66. The van der Waals surface area contributed by atoms with Crippen molar-refractivity contribution in [3.05, 3.63) is 11.6 Å². The number of esters is 1. The molecule has 0 aromatic rings. The van der Waals surface area contributed by atoms with Crippen LogP contribution in [0, 0.1) is 51.2 Å². The third kappa shape index (κ3) is 3.92. The average Bonchev–Trinajstić information content (AvgIpc) is 3.08. The lowest BCUT2D eigenvalue weighted by Gasteiger charge is -2.70. The zero-order valence-electron chi connectivity index (χ0n) is 23.9. The van der Waals surface area contributed by atoms with Crippen molar-refractivity contribution in [3.8, 4) is 0 Å². The number of rotatable bonds is 5. The Kier molecular flexibility index (Phi) is 6.92. The van der Waals surface area contributed by atoms with Crippen molar-refractivity contribution in [2.45, 2.75) is 133 Å². The molecule has 2 nitrogen and oxygen atoms in total. The Bertz CT molecular complexity index is 806. The van der Waals surface area contributed by atoms with Crippen molar-refractivity contribution in [2.24, 2.45) is 51.2 Å². The van der Waals surface area contributed by atoms with E-state index in [0.717, 1.165) is 30.1 Å². The quantitative estimate of drug-likeness (QED) is 0.296. The maximum atomic E-state index is 11.8. The maximum Gasteiger partial charge on any atom is 0.302 e. The van der Waals surface area contributed by atoms with Gasteiger partial charge in [-0.3, -0.25) is 4.79 Å². The maximum absolute atomic E-state index is 11.8. The Labute approximate surface area is 211 Å². The van der Waals surface area contributed by atoms with Crippen molar-refractivity contribution in [3.63, 3.8) is 0 Å². The standard InChI is InChI=1S/C32H54O2/c1-21(2)11-10-12-22(3)24-15-19-31(8)25(24)13-14-27-30(7)18-17-28(34-23(4)33)29(5,6)26(30)16-20-32(27,31)9/h11,22,24-28H,10,12-20H2,1-9H3/t22-,24-,25-,26+,27-,28+,30+,31-,32-/m1/s1. The summed E-state index contributed by atoms with van der Waals surface area (Å²) in [5.41, 5.74) is 2.83. The smallest absolute Gasteiger partial charge is 0.302 e. The van der Waals surface area contributed by atoms with Gasteiger partial charge in [-0.1, -0.05) is 53.2 Å². The molecule has 4 aliphatic rings. The van der Waals surface area contributed by atoms with Gasteiger partial charge in [0.05, 0.1) is 0 Å². The Morgan fingerprint density at radius 3 is 2.21 bits per heavy atom. The lowest BCUT2D eigenvalue weighted by Crippen LogP contribution is -2.64. The molecule has 0 spiro atoms. The van der Waals surface area contributed by atoms with Crippen LogP contribution in [0.4, 0.5) is 0 Å². The Balaban J connectivity index is 1.57. The molecule has 0 heterocycles. The Morgan fingerprint density at radius 1 is 0.882 bits per heavy atom. The topological polar surface area (TPSA) is 26.3 Å². The van der Waals surface area contributed by atoms with Gasteiger partial charge in [0.25, 0.3) is 0 Å². The highest BCUT2D eigenvalue weighted by Gasteiger charge is 2.68. The second-order valence-corrected chi connectivity index (χ2v) is 14.7. The molecule has 0 bridgehead atoms. The van der Waals surface area contributed by atoms with Crippen LogP contribution in [0.25, 0.3) is 0 Å². The van der Waals surface area contributed by atoms with Crippen LogP contribution in [0.3, 0.4) is 0 Å². The van der Waals surface area contributed by atoms with Crippen LogP contribution in [-0.2, 0) is 9.53 Å². The van der Waals surface area contributed by atoms with Crippen LogP contribution >= 0.6 is 0 Å². The van der Waals surface area contributed by atoms with Crippen molar-refractivity contribution < 1.29 is 9.53 Å². The summed E-state index contributed by atoms with van der Waals surface area (Å²) in [7, 11) is 0. The first-order valence-corrected chi connectivity index (χ1v) is 14.6. The van der Waals surface area contributed by atoms with Crippen molar-refractivity contribution >= 4 is 5.97 Å². The van der Waals surface area contributed by atoms with Gasteiger partial charge in [-0.25, -0.2) is 0 Å². The predicted octanol–water partition coefficient (Wildman–Crippen LogP) is 8.99. The van der Waals surface area contributed by atoms with Gasteiger partial charge >= 0.3 is 5.97 Å². The minimum Gasteiger partial charge on any atom is -0.462 e. The van der Waals surface area contributed by atoms with E-state index in [9.17, 15) is 4.79 Å². The summed E-state index contributed by atoms with van der Waals surface area (Å²) in [5, 5.41) is 0. The summed E-state index contributed by atoms with van der Waals surface area (Å²) < 4.78 is 5.90. The second kappa shape index (κ2) is 8.95. The van der Waals surface area contributed by atoms with Crippen LogP contribution < -0.4 is 0 Å². The van der Waals surface area contributed by atoms with Gasteiger partial charge in [-0.15, -0.1) is 0 Å². The van der Waals surface area contributed by atoms with Gasteiger partial charge in [0.15, 0.2) is 0 Å². The van der Waals surface area contributed by atoms with Crippen LogP contribution in [0.2, 0.25) is 0 Å². The van der Waals surface area contributed by atoms with E-state index in [1.165, 1.54) is 63.4 Å². The third-order valence-corrected chi connectivity index (χ3v) is 12.6. The molecular weight excluding hydrogens is 416 g/mol. The van der Waals surface area contributed by atoms with E-state index >= 15 is 0 Å². The van der Waals surface area contributed by atoms with Gasteiger partial charge in [0.1, 0.15) is 6.10 Å². The first-order chi connectivity index (χ1) is 15.8. The van der Waals surface area contributed by atoms with Crippen molar-refractivity contribution in [2.75, 3.05) is 0 Å². The van der Waals surface area contributed by atoms with E-state index in [0.29, 0.717) is 22.2 Å². The SMILES string of the molecule is CC(=O)O[C@H]1CC[C@]2(C)[C@H]3CC[C@@H]4[C@@H]([C@H](C)CCC=C(C)C)CC[C@@]4(C)[C@]3(C)CC[C@H]2C1(C)C. The third-order valence-electron chi connectivity index (χ3n) is 12.6. The monoisotopic (exact) mass is 470 g/mol. The number of allylic oxidation sites excluding steroid dienone is 2. The van der Waals surface area contributed by atoms with E-state index in [1.807, 2.05) is 0 Å². The highest BCUT2D eigenvalue weighted by atomic mass is 16.5. The fourth-order valence-corrected chi connectivity index (χ4v) is 10.7. The molecule has 194 valence electrons. The molecule has 4 saturated carbocycles. The zero-order chi connectivity index (χ0) is 25.1. The number of hydrogen-bond donors (Lipinski definition) is 0. The summed E-state index contributed by atoms with van der Waals surface area (Å²) in [4.78, 5) is 11.8. The molecule has 0 saturated heterocycles. The summed E-state index contributed by atoms with van der Waals surface area (Å²) >= 11 is 0. The molecule has 0 aliphatic heterocycles. The van der Waals surface area contributed by atoms with Crippen LogP contribution in [-0.4, -0.2) is 12.1 Å². The van der Waals surface area contributed by atoms with Gasteiger partial charge in [-0.2, -0.15) is 0 Å². The molecule has 0 unspecified atom stereocenters. The lowest BCUT2D eigenvalue weighted by molar-refractivity contribution is -0.227. The summed E-state index contributed by atoms with van der Waals surface area (Å²) in [5.74, 6) is 4.00. The average molecular weight is 471 g/mol. The van der Waals surface area contributed by atoms with Crippen LogP contribution in [0.5, 0.6) is 0 Å². The first kappa shape index (κ1) is 26.3. The molecule has 0 radical (unpaired) electrons. The Morgan fingerprint density at radius 2 is 1.56 bits per heavy atom. The molecule has 0 aromatic carbocycles.